The molecule has 2 aromatic rings. The summed E-state index contributed by atoms with van der Waals surface area (Å²) in [5, 5.41) is 3.32. The first kappa shape index (κ1) is 15.9. The Morgan fingerprint density at radius 1 is 1.12 bits per heavy atom. The maximum atomic E-state index is 12.8. The zero-order valence-corrected chi connectivity index (χ0v) is 13.8. The van der Waals surface area contributed by atoms with E-state index in [-0.39, 0.29) is 12.4 Å². The summed E-state index contributed by atoms with van der Waals surface area (Å²) in [6, 6.07) is 12.7. The van der Waals surface area contributed by atoms with Crippen LogP contribution in [0, 0.1) is 0 Å². The fraction of sp³-hybridized carbons (Fsp3) is 0.167. The van der Waals surface area contributed by atoms with E-state index in [1.807, 2.05) is 6.07 Å². The molecule has 2 N–H and O–H groups in total. The van der Waals surface area contributed by atoms with Crippen LogP contribution in [0.15, 0.2) is 48.5 Å². The van der Waals surface area contributed by atoms with Gasteiger partial charge in [-0.05, 0) is 30.7 Å². The van der Waals surface area contributed by atoms with Crippen molar-refractivity contribution in [1.82, 2.24) is 15.8 Å². The number of amides is 4. The first-order valence-corrected chi connectivity index (χ1v) is 7.92. The first-order chi connectivity index (χ1) is 12.5. The van der Waals surface area contributed by atoms with Gasteiger partial charge in [0.25, 0.3) is 11.8 Å². The second kappa shape index (κ2) is 5.76. The predicted octanol–water partition coefficient (Wildman–Crippen LogP) is 1.53. The molecule has 2 aliphatic rings. The quantitative estimate of drug-likeness (QED) is 0.816. The Labute approximate surface area is 148 Å². The monoisotopic (exact) mass is 353 g/mol. The summed E-state index contributed by atoms with van der Waals surface area (Å²) < 4.78 is 10.4. The fourth-order valence-corrected chi connectivity index (χ4v) is 2.91. The Hall–Kier alpha value is -3.55. The number of hydrazine groups is 1. The van der Waals surface area contributed by atoms with Crippen LogP contribution in [0.5, 0.6) is 11.5 Å². The van der Waals surface area contributed by atoms with E-state index >= 15 is 0 Å². The molecule has 2 aromatic carbocycles. The van der Waals surface area contributed by atoms with Crippen LogP contribution in [0.3, 0.4) is 0 Å². The largest absolute Gasteiger partial charge is 0.454 e. The van der Waals surface area contributed by atoms with E-state index in [2.05, 4.69) is 10.7 Å². The molecule has 4 amide bonds. The van der Waals surface area contributed by atoms with Crippen LogP contribution in [0.1, 0.15) is 22.8 Å². The molecule has 0 bridgehead atoms. The molecule has 8 nitrogen and oxygen atoms in total. The summed E-state index contributed by atoms with van der Waals surface area (Å²) in [5.74, 6) is -0.205. The number of fused-ring (bicyclic) bond motifs is 1. The minimum absolute atomic E-state index is 0.0862. The van der Waals surface area contributed by atoms with Crippen LogP contribution in [-0.4, -0.2) is 29.6 Å². The van der Waals surface area contributed by atoms with Crippen LogP contribution < -0.4 is 20.2 Å². The normalized spacial score (nSPS) is 20.9. The van der Waals surface area contributed by atoms with Crippen molar-refractivity contribution >= 4 is 17.8 Å². The third kappa shape index (κ3) is 2.43. The van der Waals surface area contributed by atoms with E-state index in [4.69, 9.17) is 9.47 Å². The number of nitrogens with zero attached hydrogens (tertiary/aromatic N) is 1. The van der Waals surface area contributed by atoms with Crippen LogP contribution in [0.25, 0.3) is 0 Å². The standard InChI is InChI=1S/C18H15N3O5/c1-18(12-5-3-2-4-6-12)16(23)21(17(24)19-18)20-15(22)11-7-8-13-14(9-11)26-10-25-13/h2-9H,10H2,1H3,(H,19,24)(H,20,22)/t18-/m0/s1. The van der Waals surface area contributed by atoms with Crippen molar-refractivity contribution in [3.63, 3.8) is 0 Å². The number of benzene rings is 2. The van der Waals surface area contributed by atoms with Gasteiger partial charge in [-0.15, -0.1) is 0 Å². The average Bonchev–Trinajstić information content (AvgIpc) is 3.20. The number of nitrogens with one attached hydrogen (secondary N) is 2. The second-order valence-electron chi connectivity index (χ2n) is 6.07. The summed E-state index contributed by atoms with van der Waals surface area (Å²) in [6.07, 6.45) is 0. The van der Waals surface area contributed by atoms with Gasteiger partial charge in [-0.1, -0.05) is 30.3 Å². The Morgan fingerprint density at radius 3 is 2.62 bits per heavy atom. The molecule has 1 saturated heterocycles. The lowest BCUT2D eigenvalue weighted by Gasteiger charge is -2.22. The highest BCUT2D eigenvalue weighted by Gasteiger charge is 2.50. The number of hydrogen-bond acceptors (Lipinski definition) is 5. The van der Waals surface area contributed by atoms with Gasteiger partial charge >= 0.3 is 6.03 Å². The molecule has 0 spiro atoms. The van der Waals surface area contributed by atoms with Gasteiger partial charge in [0.15, 0.2) is 11.5 Å². The van der Waals surface area contributed by atoms with Gasteiger partial charge in [-0.3, -0.25) is 15.0 Å². The topological polar surface area (TPSA) is 97.0 Å². The van der Waals surface area contributed by atoms with Gasteiger partial charge in [0.2, 0.25) is 6.79 Å². The van der Waals surface area contributed by atoms with Crippen molar-refractivity contribution in [1.29, 1.82) is 0 Å². The molecule has 4 rings (SSSR count). The molecule has 2 heterocycles. The van der Waals surface area contributed by atoms with E-state index < -0.39 is 23.4 Å². The van der Waals surface area contributed by atoms with Gasteiger partial charge in [0.05, 0.1) is 0 Å². The van der Waals surface area contributed by atoms with Crippen LogP contribution in [0.2, 0.25) is 0 Å². The molecule has 8 heteroatoms. The highest BCUT2D eigenvalue weighted by Crippen LogP contribution is 2.33. The lowest BCUT2D eigenvalue weighted by Crippen LogP contribution is -2.47. The minimum Gasteiger partial charge on any atom is -0.454 e. The van der Waals surface area contributed by atoms with E-state index in [9.17, 15) is 14.4 Å². The number of ether oxygens (including phenoxy) is 2. The molecule has 1 fully saturated rings. The van der Waals surface area contributed by atoms with Crippen LogP contribution in [-0.2, 0) is 10.3 Å². The van der Waals surface area contributed by atoms with E-state index in [1.54, 1.807) is 37.3 Å². The number of hydrogen-bond donors (Lipinski definition) is 2. The Kier molecular flexibility index (Phi) is 3.54. The smallest absolute Gasteiger partial charge is 0.344 e. The van der Waals surface area contributed by atoms with E-state index in [1.165, 1.54) is 12.1 Å². The minimum atomic E-state index is -1.25. The van der Waals surface area contributed by atoms with Crippen LogP contribution >= 0.6 is 0 Å². The molecule has 0 aliphatic carbocycles. The number of carbonyl (C=O) groups excluding carboxylic acids is 3. The summed E-state index contributed by atoms with van der Waals surface area (Å²) >= 11 is 0. The molecule has 0 unspecified atom stereocenters. The van der Waals surface area contributed by atoms with Gasteiger partial charge in [-0.25, -0.2) is 4.79 Å². The SMILES string of the molecule is C[C@@]1(c2ccccc2)NC(=O)N(NC(=O)c2ccc3c(c2)OCO3)C1=O. The van der Waals surface area contributed by atoms with Crippen molar-refractivity contribution in [2.45, 2.75) is 12.5 Å². The molecule has 0 aromatic heterocycles. The summed E-state index contributed by atoms with van der Waals surface area (Å²) in [7, 11) is 0. The Balaban J connectivity index is 1.56. The van der Waals surface area contributed by atoms with Crippen LogP contribution in [0.4, 0.5) is 4.79 Å². The first-order valence-electron chi connectivity index (χ1n) is 7.92. The third-order valence-electron chi connectivity index (χ3n) is 4.39. The van der Waals surface area contributed by atoms with E-state index in [0.717, 1.165) is 0 Å². The number of imide groups is 1. The molecule has 0 radical (unpaired) electrons. The maximum absolute atomic E-state index is 12.8. The van der Waals surface area contributed by atoms with Gasteiger partial charge in [0, 0.05) is 5.56 Å². The van der Waals surface area contributed by atoms with Crippen molar-refractivity contribution < 1.29 is 23.9 Å². The van der Waals surface area contributed by atoms with Crippen molar-refractivity contribution in [3.8, 4) is 11.5 Å². The lowest BCUT2D eigenvalue weighted by molar-refractivity contribution is -0.132. The number of urea groups is 1. The van der Waals surface area contributed by atoms with Gasteiger partial charge < -0.3 is 14.8 Å². The summed E-state index contributed by atoms with van der Waals surface area (Å²) in [6.45, 7) is 1.68. The van der Waals surface area contributed by atoms with E-state index in [0.29, 0.717) is 22.1 Å². The van der Waals surface area contributed by atoms with Gasteiger partial charge in [0.1, 0.15) is 5.54 Å². The highest BCUT2D eigenvalue weighted by molar-refractivity contribution is 6.09. The zero-order chi connectivity index (χ0) is 18.3. The average molecular weight is 353 g/mol. The maximum Gasteiger partial charge on any atom is 0.344 e. The van der Waals surface area contributed by atoms with Crippen molar-refractivity contribution in [2.75, 3.05) is 6.79 Å². The predicted molar refractivity (Wildman–Crippen MR) is 89.2 cm³/mol. The molecule has 0 saturated carbocycles. The summed E-state index contributed by atoms with van der Waals surface area (Å²) in [4.78, 5) is 37.5. The molecular weight excluding hydrogens is 338 g/mol. The Morgan fingerprint density at radius 2 is 1.85 bits per heavy atom. The third-order valence-corrected chi connectivity index (χ3v) is 4.39. The summed E-state index contributed by atoms with van der Waals surface area (Å²) in [5.41, 5.74) is 1.96. The molecule has 1 atom stereocenters. The highest BCUT2D eigenvalue weighted by atomic mass is 16.7. The second-order valence-corrected chi connectivity index (χ2v) is 6.07. The number of carbonyl (C=O) groups is 3. The molecule has 2 aliphatic heterocycles. The number of rotatable bonds is 3. The van der Waals surface area contributed by atoms with Gasteiger partial charge in [-0.2, -0.15) is 5.01 Å². The Bertz CT molecular complexity index is 914. The molecule has 132 valence electrons. The molecule has 26 heavy (non-hydrogen) atoms. The fourth-order valence-electron chi connectivity index (χ4n) is 2.91. The molecular formula is C18H15N3O5. The van der Waals surface area contributed by atoms with Crippen molar-refractivity contribution in [2.24, 2.45) is 0 Å². The zero-order valence-electron chi connectivity index (χ0n) is 13.8. The van der Waals surface area contributed by atoms with Crippen molar-refractivity contribution in [3.05, 3.63) is 59.7 Å². The lowest BCUT2D eigenvalue weighted by atomic mass is 9.92.